The first-order chi connectivity index (χ1) is 9.87. The number of hydrogen-bond acceptors (Lipinski definition) is 4. The van der Waals surface area contributed by atoms with Crippen LogP contribution in [0.1, 0.15) is 11.1 Å². The summed E-state index contributed by atoms with van der Waals surface area (Å²) in [5.74, 6) is 0.0535. The molecule has 2 aromatic carbocycles. The van der Waals surface area contributed by atoms with E-state index in [0.717, 1.165) is 4.31 Å². The van der Waals surface area contributed by atoms with Crippen LogP contribution in [-0.4, -0.2) is 20.6 Å². The number of hydrogen-bond donors (Lipinski definition) is 1. The summed E-state index contributed by atoms with van der Waals surface area (Å²) in [7, 11) is -2.43. The van der Waals surface area contributed by atoms with Gasteiger partial charge in [0.05, 0.1) is 11.3 Å². The third-order valence-electron chi connectivity index (χ3n) is 3.20. The summed E-state index contributed by atoms with van der Waals surface area (Å²) < 4.78 is 26.4. The van der Waals surface area contributed by atoms with E-state index in [2.05, 4.69) is 0 Å². The summed E-state index contributed by atoms with van der Waals surface area (Å²) in [6, 6.07) is 12.5. The van der Waals surface area contributed by atoms with Crippen molar-refractivity contribution in [2.45, 2.75) is 11.8 Å². The summed E-state index contributed by atoms with van der Waals surface area (Å²) in [5, 5.41) is 18.5. The molecule has 0 atom stereocenters. The molecule has 0 saturated heterocycles. The van der Waals surface area contributed by atoms with Crippen molar-refractivity contribution < 1.29 is 13.5 Å². The van der Waals surface area contributed by atoms with Crippen molar-refractivity contribution in [1.82, 2.24) is 0 Å². The van der Waals surface area contributed by atoms with E-state index in [1.807, 2.05) is 6.07 Å². The van der Waals surface area contributed by atoms with Gasteiger partial charge < -0.3 is 5.11 Å². The zero-order valence-electron chi connectivity index (χ0n) is 11.6. The standard InChI is InChI=1S/C15H14N2O3S/c1-11-4-3-5-15(14(11)10-16)21(19,20)17(2)12-6-8-13(18)9-7-12/h3-9,18H,1-2H3. The highest BCUT2D eigenvalue weighted by Gasteiger charge is 2.25. The molecule has 0 spiro atoms. The molecule has 0 radical (unpaired) electrons. The van der Waals surface area contributed by atoms with Crippen molar-refractivity contribution in [2.24, 2.45) is 0 Å². The molecule has 0 aromatic heterocycles. The van der Waals surface area contributed by atoms with Crippen LogP contribution in [0, 0.1) is 18.3 Å². The molecule has 6 heteroatoms. The Morgan fingerprint density at radius 1 is 1.14 bits per heavy atom. The predicted octanol–water partition coefficient (Wildman–Crippen LogP) is 2.40. The van der Waals surface area contributed by atoms with Crippen molar-refractivity contribution >= 4 is 15.7 Å². The van der Waals surface area contributed by atoms with E-state index in [1.54, 1.807) is 19.1 Å². The molecular weight excluding hydrogens is 288 g/mol. The van der Waals surface area contributed by atoms with Gasteiger partial charge in [0, 0.05) is 7.05 Å². The van der Waals surface area contributed by atoms with Gasteiger partial charge in [-0.3, -0.25) is 4.31 Å². The van der Waals surface area contributed by atoms with Crippen LogP contribution in [0.25, 0.3) is 0 Å². The van der Waals surface area contributed by atoms with Gasteiger partial charge in [-0.1, -0.05) is 12.1 Å². The molecule has 21 heavy (non-hydrogen) atoms. The molecule has 0 amide bonds. The van der Waals surface area contributed by atoms with Gasteiger partial charge in [0.2, 0.25) is 0 Å². The quantitative estimate of drug-likeness (QED) is 0.944. The van der Waals surface area contributed by atoms with Crippen LogP contribution in [-0.2, 0) is 10.0 Å². The second-order valence-corrected chi connectivity index (χ2v) is 6.49. The maximum Gasteiger partial charge on any atom is 0.265 e. The van der Waals surface area contributed by atoms with Crippen LogP contribution >= 0.6 is 0 Å². The third kappa shape index (κ3) is 2.69. The largest absolute Gasteiger partial charge is 0.508 e. The summed E-state index contributed by atoms with van der Waals surface area (Å²) >= 11 is 0. The number of nitrogens with zero attached hydrogens (tertiary/aromatic N) is 2. The van der Waals surface area contributed by atoms with E-state index < -0.39 is 10.0 Å². The van der Waals surface area contributed by atoms with Gasteiger partial charge in [0.15, 0.2) is 0 Å². The van der Waals surface area contributed by atoms with Gasteiger partial charge in [0.1, 0.15) is 16.7 Å². The zero-order valence-corrected chi connectivity index (χ0v) is 12.4. The number of anilines is 1. The Bertz CT molecular complexity index is 806. The summed E-state index contributed by atoms with van der Waals surface area (Å²) in [5.41, 5.74) is 1.15. The van der Waals surface area contributed by atoms with Crippen molar-refractivity contribution in [3.05, 3.63) is 53.6 Å². The number of nitriles is 1. The van der Waals surface area contributed by atoms with Crippen LogP contribution in [0.5, 0.6) is 5.75 Å². The summed E-state index contributed by atoms with van der Waals surface area (Å²) in [6.07, 6.45) is 0. The van der Waals surface area contributed by atoms with E-state index in [1.165, 1.54) is 37.4 Å². The fraction of sp³-hybridized carbons (Fsp3) is 0.133. The van der Waals surface area contributed by atoms with Crippen LogP contribution < -0.4 is 4.31 Å². The molecule has 2 rings (SSSR count). The average Bonchev–Trinajstić information content (AvgIpc) is 2.47. The molecule has 0 saturated carbocycles. The first-order valence-electron chi connectivity index (χ1n) is 6.15. The van der Waals surface area contributed by atoms with Gasteiger partial charge in [-0.25, -0.2) is 8.42 Å². The molecule has 5 nitrogen and oxygen atoms in total. The Morgan fingerprint density at radius 2 is 1.76 bits per heavy atom. The Labute approximate surface area is 123 Å². The normalized spacial score (nSPS) is 10.9. The number of phenols is 1. The average molecular weight is 302 g/mol. The molecule has 108 valence electrons. The first-order valence-corrected chi connectivity index (χ1v) is 7.59. The fourth-order valence-corrected chi connectivity index (χ4v) is 3.36. The summed E-state index contributed by atoms with van der Waals surface area (Å²) in [6.45, 7) is 1.69. The van der Waals surface area contributed by atoms with E-state index in [-0.39, 0.29) is 16.2 Å². The Balaban J connectivity index is 2.55. The Kier molecular flexibility index (Phi) is 3.87. The molecule has 2 aromatic rings. The minimum absolute atomic E-state index is 0.0272. The van der Waals surface area contributed by atoms with Gasteiger partial charge in [-0.15, -0.1) is 0 Å². The van der Waals surface area contributed by atoms with Gasteiger partial charge in [0.25, 0.3) is 10.0 Å². The molecule has 0 bridgehead atoms. The lowest BCUT2D eigenvalue weighted by molar-refractivity contribution is 0.475. The number of phenolic OH excluding ortho intramolecular Hbond substituents is 1. The summed E-state index contributed by atoms with van der Waals surface area (Å²) in [4.78, 5) is -0.0272. The molecule has 0 unspecified atom stereocenters. The number of aryl methyl sites for hydroxylation is 1. The molecule has 0 aliphatic carbocycles. The van der Waals surface area contributed by atoms with Crippen LogP contribution in [0.15, 0.2) is 47.4 Å². The SMILES string of the molecule is Cc1cccc(S(=O)(=O)N(C)c2ccc(O)cc2)c1C#N. The van der Waals surface area contributed by atoms with E-state index in [4.69, 9.17) is 0 Å². The highest BCUT2D eigenvalue weighted by Crippen LogP contribution is 2.26. The first kappa shape index (κ1) is 14.9. The fourth-order valence-electron chi connectivity index (χ4n) is 1.95. The number of benzene rings is 2. The molecule has 0 heterocycles. The molecule has 0 aliphatic heterocycles. The number of aromatic hydroxyl groups is 1. The minimum Gasteiger partial charge on any atom is -0.508 e. The van der Waals surface area contributed by atoms with Crippen LogP contribution in [0.4, 0.5) is 5.69 Å². The maximum absolute atomic E-state index is 12.7. The van der Waals surface area contributed by atoms with Gasteiger partial charge >= 0.3 is 0 Å². The van der Waals surface area contributed by atoms with Crippen molar-refractivity contribution in [3.8, 4) is 11.8 Å². The smallest absolute Gasteiger partial charge is 0.265 e. The van der Waals surface area contributed by atoms with Gasteiger partial charge in [-0.2, -0.15) is 5.26 Å². The maximum atomic E-state index is 12.7. The van der Waals surface area contributed by atoms with E-state index >= 15 is 0 Å². The third-order valence-corrected chi connectivity index (χ3v) is 5.03. The molecule has 0 aliphatic rings. The molecular formula is C15H14N2O3S. The Morgan fingerprint density at radius 3 is 2.33 bits per heavy atom. The highest BCUT2D eigenvalue weighted by atomic mass is 32.2. The zero-order chi connectivity index (χ0) is 15.6. The monoisotopic (exact) mass is 302 g/mol. The number of rotatable bonds is 3. The lowest BCUT2D eigenvalue weighted by Gasteiger charge is -2.20. The molecule has 1 N–H and O–H groups in total. The van der Waals surface area contributed by atoms with Crippen molar-refractivity contribution in [1.29, 1.82) is 5.26 Å². The van der Waals surface area contributed by atoms with Crippen LogP contribution in [0.2, 0.25) is 0 Å². The predicted molar refractivity (Wildman–Crippen MR) is 79.6 cm³/mol. The Hall–Kier alpha value is -2.52. The molecule has 0 fully saturated rings. The van der Waals surface area contributed by atoms with Crippen molar-refractivity contribution in [3.63, 3.8) is 0 Å². The highest BCUT2D eigenvalue weighted by molar-refractivity contribution is 7.92. The second-order valence-electron chi connectivity index (χ2n) is 4.55. The lowest BCUT2D eigenvalue weighted by atomic mass is 10.1. The topological polar surface area (TPSA) is 81.4 Å². The van der Waals surface area contributed by atoms with E-state index in [9.17, 15) is 18.8 Å². The van der Waals surface area contributed by atoms with Crippen molar-refractivity contribution in [2.75, 3.05) is 11.4 Å². The number of sulfonamides is 1. The van der Waals surface area contributed by atoms with E-state index in [0.29, 0.717) is 11.3 Å². The second kappa shape index (κ2) is 5.46. The van der Waals surface area contributed by atoms with Gasteiger partial charge in [-0.05, 0) is 42.8 Å². The lowest BCUT2D eigenvalue weighted by Crippen LogP contribution is -2.27. The van der Waals surface area contributed by atoms with Crippen LogP contribution in [0.3, 0.4) is 0 Å². The minimum atomic E-state index is -3.84.